The Morgan fingerprint density at radius 2 is 2.23 bits per heavy atom. The smallest absolute Gasteiger partial charge is 0.251 e. The van der Waals surface area contributed by atoms with Crippen LogP contribution in [0.15, 0.2) is 0 Å². The number of aliphatic hydroxyl groups is 1. The fourth-order valence-electron chi connectivity index (χ4n) is 1.81. The molecule has 0 saturated heterocycles. The van der Waals surface area contributed by atoms with Crippen LogP contribution in [0.4, 0.5) is 0 Å². The first-order valence-corrected chi connectivity index (χ1v) is 5.12. The second-order valence-corrected chi connectivity index (χ2v) is 4.57. The van der Waals surface area contributed by atoms with Crippen LogP contribution in [-0.4, -0.2) is 23.2 Å². The maximum absolute atomic E-state index is 11.4. The molecule has 3 heteroatoms. The maximum Gasteiger partial charge on any atom is 0.251 e. The van der Waals surface area contributed by atoms with E-state index in [4.69, 9.17) is 0 Å². The minimum Gasteiger partial charge on any atom is -0.380 e. The number of rotatable bonds is 3. The predicted molar refractivity (Wildman–Crippen MR) is 49.1 cm³/mol. The Kier molecular flexibility index (Phi) is 2.06. The lowest BCUT2D eigenvalue weighted by Gasteiger charge is -2.34. The van der Waals surface area contributed by atoms with Crippen molar-refractivity contribution in [1.82, 2.24) is 5.32 Å². The van der Waals surface area contributed by atoms with Gasteiger partial charge in [-0.1, -0.05) is 6.92 Å². The van der Waals surface area contributed by atoms with Crippen molar-refractivity contribution in [2.45, 2.75) is 38.2 Å². The monoisotopic (exact) mass is 183 g/mol. The van der Waals surface area contributed by atoms with Crippen molar-refractivity contribution in [3.63, 3.8) is 0 Å². The molecule has 74 valence electrons. The Morgan fingerprint density at radius 1 is 1.62 bits per heavy atom. The number of hydrogen-bond acceptors (Lipinski definition) is 2. The van der Waals surface area contributed by atoms with Crippen molar-refractivity contribution >= 4 is 5.91 Å². The summed E-state index contributed by atoms with van der Waals surface area (Å²) in [4.78, 5) is 11.4. The van der Waals surface area contributed by atoms with Gasteiger partial charge in [0.05, 0.1) is 0 Å². The van der Waals surface area contributed by atoms with Crippen LogP contribution < -0.4 is 5.32 Å². The first-order chi connectivity index (χ1) is 6.12. The number of amides is 1. The third-order valence-electron chi connectivity index (χ3n) is 3.40. The lowest BCUT2D eigenvalue weighted by molar-refractivity contribution is -0.148. The molecule has 2 fully saturated rings. The Hall–Kier alpha value is -0.570. The van der Waals surface area contributed by atoms with Crippen LogP contribution in [0, 0.1) is 11.8 Å². The summed E-state index contributed by atoms with van der Waals surface area (Å²) in [5.41, 5.74) is -1.02. The van der Waals surface area contributed by atoms with Crippen molar-refractivity contribution in [3.8, 4) is 0 Å². The van der Waals surface area contributed by atoms with E-state index in [1.165, 1.54) is 6.42 Å². The average Bonchev–Trinajstić information content (AvgIpc) is 2.73. The summed E-state index contributed by atoms with van der Waals surface area (Å²) in [7, 11) is 0. The van der Waals surface area contributed by atoms with Gasteiger partial charge in [-0.05, 0) is 37.5 Å². The highest BCUT2D eigenvalue weighted by molar-refractivity contribution is 5.85. The highest BCUT2D eigenvalue weighted by atomic mass is 16.3. The first-order valence-electron chi connectivity index (χ1n) is 5.12. The topological polar surface area (TPSA) is 49.3 Å². The van der Waals surface area contributed by atoms with Gasteiger partial charge in [-0.3, -0.25) is 4.79 Å². The van der Waals surface area contributed by atoms with Crippen LogP contribution in [0.2, 0.25) is 0 Å². The zero-order valence-electron chi connectivity index (χ0n) is 8.05. The molecule has 2 N–H and O–H groups in total. The van der Waals surface area contributed by atoms with Crippen LogP contribution >= 0.6 is 0 Å². The second kappa shape index (κ2) is 2.98. The minimum absolute atomic E-state index is 0.155. The molecule has 0 bridgehead atoms. The van der Waals surface area contributed by atoms with E-state index in [2.05, 4.69) is 12.2 Å². The molecular formula is C10H17NO2. The van der Waals surface area contributed by atoms with E-state index in [1.807, 2.05) is 0 Å². The molecule has 0 heterocycles. The van der Waals surface area contributed by atoms with Crippen molar-refractivity contribution < 1.29 is 9.90 Å². The van der Waals surface area contributed by atoms with Gasteiger partial charge in [0.25, 0.3) is 5.91 Å². The van der Waals surface area contributed by atoms with Gasteiger partial charge in [-0.15, -0.1) is 0 Å². The third-order valence-corrected chi connectivity index (χ3v) is 3.40. The molecule has 0 aromatic rings. The number of nitrogens with one attached hydrogen (secondary N) is 1. The SMILES string of the molecule is CC1CC1CNC(=O)C1(O)CCC1. The minimum atomic E-state index is -1.02. The third kappa shape index (κ3) is 1.70. The predicted octanol–water partition coefficient (Wildman–Crippen LogP) is 0.674. The normalized spacial score (nSPS) is 34.9. The summed E-state index contributed by atoms with van der Waals surface area (Å²) in [6, 6.07) is 0. The summed E-state index contributed by atoms with van der Waals surface area (Å²) in [6.45, 7) is 2.94. The van der Waals surface area contributed by atoms with E-state index in [0.29, 0.717) is 18.8 Å². The van der Waals surface area contributed by atoms with Crippen molar-refractivity contribution in [1.29, 1.82) is 0 Å². The Bertz CT molecular complexity index is 223. The molecule has 2 unspecified atom stereocenters. The quantitative estimate of drug-likeness (QED) is 0.675. The van der Waals surface area contributed by atoms with E-state index in [9.17, 15) is 9.90 Å². The largest absolute Gasteiger partial charge is 0.380 e. The number of hydrogen-bond donors (Lipinski definition) is 2. The fraction of sp³-hybridized carbons (Fsp3) is 0.900. The van der Waals surface area contributed by atoms with Gasteiger partial charge in [0.2, 0.25) is 0 Å². The van der Waals surface area contributed by atoms with Gasteiger partial charge in [0, 0.05) is 6.54 Å². The molecule has 2 saturated carbocycles. The molecule has 0 aromatic carbocycles. The lowest BCUT2D eigenvalue weighted by Crippen LogP contribution is -2.52. The van der Waals surface area contributed by atoms with Crippen molar-refractivity contribution in [3.05, 3.63) is 0 Å². The molecule has 3 nitrogen and oxygen atoms in total. The Labute approximate surface area is 78.5 Å². The molecule has 0 radical (unpaired) electrons. The van der Waals surface area contributed by atoms with E-state index in [0.717, 1.165) is 18.9 Å². The van der Waals surface area contributed by atoms with Gasteiger partial charge in [-0.25, -0.2) is 0 Å². The van der Waals surface area contributed by atoms with E-state index < -0.39 is 5.60 Å². The molecule has 2 aliphatic carbocycles. The van der Waals surface area contributed by atoms with Gasteiger partial charge in [-0.2, -0.15) is 0 Å². The number of carbonyl (C=O) groups excluding carboxylic acids is 1. The summed E-state index contributed by atoms with van der Waals surface area (Å²) >= 11 is 0. The summed E-state index contributed by atoms with van der Waals surface area (Å²) in [5, 5.41) is 12.5. The Morgan fingerprint density at radius 3 is 2.62 bits per heavy atom. The molecule has 2 aliphatic rings. The summed E-state index contributed by atoms with van der Waals surface area (Å²) < 4.78 is 0. The van der Waals surface area contributed by atoms with Gasteiger partial charge in [0.1, 0.15) is 5.60 Å². The standard InChI is InChI=1S/C10H17NO2/c1-7-5-8(7)6-11-9(12)10(13)3-2-4-10/h7-8,13H,2-6H2,1H3,(H,11,12). The fourth-order valence-corrected chi connectivity index (χ4v) is 1.81. The van der Waals surface area contributed by atoms with Gasteiger partial charge >= 0.3 is 0 Å². The second-order valence-electron chi connectivity index (χ2n) is 4.57. The molecular weight excluding hydrogens is 166 g/mol. The highest BCUT2D eigenvalue weighted by Gasteiger charge is 2.42. The van der Waals surface area contributed by atoms with E-state index in [1.54, 1.807) is 0 Å². The number of carbonyl (C=O) groups is 1. The van der Waals surface area contributed by atoms with E-state index >= 15 is 0 Å². The zero-order valence-corrected chi connectivity index (χ0v) is 8.05. The van der Waals surface area contributed by atoms with Crippen LogP contribution in [0.3, 0.4) is 0 Å². The molecule has 13 heavy (non-hydrogen) atoms. The lowest BCUT2D eigenvalue weighted by atomic mass is 9.79. The molecule has 0 aromatic heterocycles. The molecule has 0 spiro atoms. The van der Waals surface area contributed by atoms with Crippen molar-refractivity contribution in [2.24, 2.45) is 11.8 Å². The van der Waals surface area contributed by atoms with Crippen molar-refractivity contribution in [2.75, 3.05) is 6.54 Å². The van der Waals surface area contributed by atoms with Gasteiger partial charge in [0.15, 0.2) is 0 Å². The molecule has 2 rings (SSSR count). The van der Waals surface area contributed by atoms with Gasteiger partial charge < -0.3 is 10.4 Å². The van der Waals surface area contributed by atoms with Crippen LogP contribution in [0.25, 0.3) is 0 Å². The highest BCUT2D eigenvalue weighted by Crippen LogP contribution is 2.37. The maximum atomic E-state index is 11.4. The van der Waals surface area contributed by atoms with Crippen LogP contribution in [0.1, 0.15) is 32.6 Å². The summed E-state index contributed by atoms with van der Waals surface area (Å²) in [6.07, 6.45) is 3.47. The Balaban J connectivity index is 1.72. The summed E-state index contributed by atoms with van der Waals surface area (Å²) in [5.74, 6) is 1.27. The zero-order chi connectivity index (χ0) is 9.47. The first kappa shape index (κ1) is 9.00. The van der Waals surface area contributed by atoms with Crippen LogP contribution in [-0.2, 0) is 4.79 Å². The van der Waals surface area contributed by atoms with Crippen LogP contribution in [0.5, 0.6) is 0 Å². The molecule has 1 amide bonds. The molecule has 0 aliphatic heterocycles. The average molecular weight is 183 g/mol. The van der Waals surface area contributed by atoms with E-state index in [-0.39, 0.29) is 5.91 Å². The molecule has 2 atom stereocenters.